The lowest BCUT2D eigenvalue weighted by molar-refractivity contribution is -0.136. The maximum atomic E-state index is 11.8. The molecule has 2 amide bonds. The van der Waals surface area contributed by atoms with E-state index < -0.39 is 0 Å². The molecule has 0 aromatic heterocycles. The molecule has 1 N–H and O–H groups in total. The third-order valence-electron chi connectivity index (χ3n) is 3.01. The number of benzene rings is 1. The van der Waals surface area contributed by atoms with Crippen LogP contribution in [-0.4, -0.2) is 49.6 Å². The molecule has 0 spiro atoms. The number of hydrogen-bond donors (Lipinski definition) is 1. The van der Waals surface area contributed by atoms with Gasteiger partial charge in [0.15, 0.2) is 0 Å². The zero-order chi connectivity index (χ0) is 13.5. The SMILES string of the molecule is O=C(Cc1ccccc1)NCC(=O)N1CCOCC1. The first kappa shape index (κ1) is 13.5. The van der Waals surface area contributed by atoms with E-state index in [0.29, 0.717) is 32.7 Å². The van der Waals surface area contributed by atoms with Crippen molar-refractivity contribution in [2.75, 3.05) is 32.8 Å². The molecule has 0 bridgehead atoms. The summed E-state index contributed by atoms with van der Waals surface area (Å²) in [6, 6.07) is 9.47. The molecule has 0 aliphatic carbocycles. The van der Waals surface area contributed by atoms with Gasteiger partial charge in [-0.2, -0.15) is 0 Å². The first-order valence-corrected chi connectivity index (χ1v) is 6.42. The second-order valence-electron chi connectivity index (χ2n) is 4.43. The molecule has 1 aromatic carbocycles. The van der Waals surface area contributed by atoms with E-state index in [4.69, 9.17) is 4.74 Å². The average Bonchev–Trinajstić information content (AvgIpc) is 2.47. The molecule has 1 heterocycles. The van der Waals surface area contributed by atoms with Gasteiger partial charge in [0.05, 0.1) is 26.2 Å². The molecule has 1 aliphatic heterocycles. The van der Waals surface area contributed by atoms with E-state index in [2.05, 4.69) is 5.32 Å². The molecule has 0 unspecified atom stereocenters. The molecule has 5 heteroatoms. The molecule has 0 radical (unpaired) electrons. The summed E-state index contributed by atoms with van der Waals surface area (Å²) >= 11 is 0. The Labute approximate surface area is 112 Å². The van der Waals surface area contributed by atoms with Crippen LogP contribution in [0.15, 0.2) is 30.3 Å². The molecule has 0 atom stereocenters. The number of hydrogen-bond acceptors (Lipinski definition) is 3. The topological polar surface area (TPSA) is 58.6 Å². The minimum Gasteiger partial charge on any atom is -0.378 e. The fraction of sp³-hybridized carbons (Fsp3) is 0.429. The molecule has 102 valence electrons. The van der Waals surface area contributed by atoms with Crippen LogP contribution in [0.2, 0.25) is 0 Å². The maximum Gasteiger partial charge on any atom is 0.242 e. The van der Waals surface area contributed by atoms with Gasteiger partial charge in [-0.05, 0) is 5.56 Å². The lowest BCUT2D eigenvalue weighted by Gasteiger charge is -2.26. The second-order valence-corrected chi connectivity index (χ2v) is 4.43. The van der Waals surface area contributed by atoms with E-state index in [0.717, 1.165) is 5.56 Å². The van der Waals surface area contributed by atoms with E-state index in [9.17, 15) is 9.59 Å². The van der Waals surface area contributed by atoms with Crippen LogP contribution in [0, 0.1) is 0 Å². The lowest BCUT2D eigenvalue weighted by Crippen LogP contribution is -2.45. The van der Waals surface area contributed by atoms with Crippen molar-refractivity contribution < 1.29 is 14.3 Å². The van der Waals surface area contributed by atoms with Crippen molar-refractivity contribution in [2.24, 2.45) is 0 Å². The van der Waals surface area contributed by atoms with Crippen LogP contribution < -0.4 is 5.32 Å². The predicted octanol–water partition coefficient (Wildman–Crippen LogP) is 0.204. The van der Waals surface area contributed by atoms with E-state index in [-0.39, 0.29) is 18.4 Å². The second kappa shape index (κ2) is 6.89. The maximum absolute atomic E-state index is 11.8. The van der Waals surface area contributed by atoms with Gasteiger partial charge in [0, 0.05) is 13.1 Å². The number of amides is 2. The molecular formula is C14H18N2O3. The Kier molecular flexibility index (Phi) is 4.92. The Morgan fingerprint density at radius 1 is 1.16 bits per heavy atom. The van der Waals surface area contributed by atoms with Crippen molar-refractivity contribution >= 4 is 11.8 Å². The number of ether oxygens (including phenoxy) is 1. The first-order chi connectivity index (χ1) is 9.25. The quantitative estimate of drug-likeness (QED) is 0.843. The molecule has 1 aliphatic rings. The van der Waals surface area contributed by atoms with Crippen LogP contribution in [-0.2, 0) is 20.7 Å². The van der Waals surface area contributed by atoms with Gasteiger partial charge < -0.3 is 15.0 Å². The van der Waals surface area contributed by atoms with Crippen molar-refractivity contribution in [3.05, 3.63) is 35.9 Å². The normalized spacial score (nSPS) is 15.1. The van der Waals surface area contributed by atoms with Crippen LogP contribution in [0.4, 0.5) is 0 Å². The summed E-state index contributed by atoms with van der Waals surface area (Å²) in [7, 11) is 0. The van der Waals surface area contributed by atoms with Crippen molar-refractivity contribution in [3.8, 4) is 0 Å². The predicted molar refractivity (Wildman–Crippen MR) is 70.6 cm³/mol. The van der Waals surface area contributed by atoms with Crippen molar-refractivity contribution in [1.29, 1.82) is 0 Å². The summed E-state index contributed by atoms with van der Waals surface area (Å²) in [6.07, 6.45) is 0.303. The van der Waals surface area contributed by atoms with Gasteiger partial charge in [-0.25, -0.2) is 0 Å². The first-order valence-electron chi connectivity index (χ1n) is 6.42. The largest absolute Gasteiger partial charge is 0.378 e. The minimum atomic E-state index is -0.132. The summed E-state index contributed by atoms with van der Waals surface area (Å²) in [5.74, 6) is -0.183. The van der Waals surface area contributed by atoms with Gasteiger partial charge in [0.1, 0.15) is 0 Å². The number of carbonyl (C=O) groups excluding carboxylic acids is 2. The molecule has 0 saturated carbocycles. The Balaban J connectivity index is 1.72. The van der Waals surface area contributed by atoms with Gasteiger partial charge in [-0.1, -0.05) is 30.3 Å². The van der Waals surface area contributed by atoms with Crippen molar-refractivity contribution in [2.45, 2.75) is 6.42 Å². The van der Waals surface area contributed by atoms with Gasteiger partial charge in [0.25, 0.3) is 0 Å². The molecule has 5 nitrogen and oxygen atoms in total. The Bertz CT molecular complexity index is 428. The van der Waals surface area contributed by atoms with Crippen LogP contribution in [0.5, 0.6) is 0 Å². The molecule has 1 aromatic rings. The number of morpholine rings is 1. The Morgan fingerprint density at radius 3 is 2.53 bits per heavy atom. The number of nitrogens with one attached hydrogen (secondary N) is 1. The van der Waals surface area contributed by atoms with Crippen molar-refractivity contribution in [1.82, 2.24) is 10.2 Å². The smallest absolute Gasteiger partial charge is 0.242 e. The fourth-order valence-corrected chi connectivity index (χ4v) is 1.94. The number of rotatable bonds is 4. The molecule has 1 saturated heterocycles. The summed E-state index contributed by atoms with van der Waals surface area (Å²) in [5, 5.41) is 2.66. The summed E-state index contributed by atoms with van der Waals surface area (Å²) in [5.41, 5.74) is 0.943. The fourth-order valence-electron chi connectivity index (χ4n) is 1.94. The lowest BCUT2D eigenvalue weighted by atomic mass is 10.1. The highest BCUT2D eigenvalue weighted by atomic mass is 16.5. The highest BCUT2D eigenvalue weighted by Gasteiger charge is 2.17. The zero-order valence-electron chi connectivity index (χ0n) is 10.8. The highest BCUT2D eigenvalue weighted by molar-refractivity contribution is 5.85. The van der Waals surface area contributed by atoms with Crippen LogP contribution in [0.25, 0.3) is 0 Å². The number of carbonyl (C=O) groups is 2. The molecular weight excluding hydrogens is 244 g/mol. The summed E-state index contributed by atoms with van der Waals surface area (Å²) < 4.78 is 5.17. The van der Waals surface area contributed by atoms with Gasteiger partial charge >= 0.3 is 0 Å². The number of nitrogens with zero attached hydrogens (tertiary/aromatic N) is 1. The van der Waals surface area contributed by atoms with Gasteiger partial charge in [0.2, 0.25) is 11.8 Å². The van der Waals surface area contributed by atoms with Crippen molar-refractivity contribution in [3.63, 3.8) is 0 Å². The minimum absolute atomic E-state index is 0.0512. The van der Waals surface area contributed by atoms with E-state index >= 15 is 0 Å². The van der Waals surface area contributed by atoms with Gasteiger partial charge in [-0.15, -0.1) is 0 Å². The van der Waals surface area contributed by atoms with E-state index in [1.165, 1.54) is 0 Å². The summed E-state index contributed by atoms with van der Waals surface area (Å²) in [4.78, 5) is 25.2. The zero-order valence-corrected chi connectivity index (χ0v) is 10.8. The Morgan fingerprint density at radius 2 is 1.84 bits per heavy atom. The van der Waals surface area contributed by atoms with Crippen LogP contribution in [0.1, 0.15) is 5.56 Å². The molecule has 1 fully saturated rings. The van der Waals surface area contributed by atoms with Gasteiger partial charge in [-0.3, -0.25) is 9.59 Å². The van der Waals surface area contributed by atoms with E-state index in [1.807, 2.05) is 30.3 Å². The van der Waals surface area contributed by atoms with E-state index in [1.54, 1.807) is 4.90 Å². The monoisotopic (exact) mass is 262 g/mol. The molecule has 19 heavy (non-hydrogen) atoms. The highest BCUT2D eigenvalue weighted by Crippen LogP contribution is 2.00. The van der Waals surface area contributed by atoms with Crippen LogP contribution >= 0.6 is 0 Å². The Hall–Kier alpha value is -1.88. The average molecular weight is 262 g/mol. The molecule has 2 rings (SSSR count). The standard InChI is InChI=1S/C14H18N2O3/c17-13(10-12-4-2-1-3-5-12)15-11-14(18)16-6-8-19-9-7-16/h1-5H,6-11H2,(H,15,17). The third kappa shape index (κ3) is 4.37. The third-order valence-corrected chi connectivity index (χ3v) is 3.01. The summed E-state index contributed by atoms with van der Waals surface area (Å²) in [6.45, 7) is 2.42. The van der Waals surface area contributed by atoms with Crippen LogP contribution in [0.3, 0.4) is 0 Å².